The van der Waals surface area contributed by atoms with E-state index in [9.17, 15) is 14.4 Å². The molecule has 0 bridgehead atoms. The summed E-state index contributed by atoms with van der Waals surface area (Å²) in [6.45, 7) is 1.51. The van der Waals surface area contributed by atoms with Gasteiger partial charge in [0.05, 0.1) is 0 Å². The van der Waals surface area contributed by atoms with Crippen LogP contribution in [0.4, 0.5) is 0 Å². The van der Waals surface area contributed by atoms with Crippen molar-refractivity contribution in [1.29, 1.82) is 0 Å². The maximum absolute atomic E-state index is 11.9. The average Bonchev–Trinajstić information content (AvgIpc) is 2.28. The summed E-state index contributed by atoms with van der Waals surface area (Å²) < 4.78 is 4.81. The highest BCUT2D eigenvalue weighted by molar-refractivity contribution is 6.22. The van der Waals surface area contributed by atoms with Gasteiger partial charge in [0, 0.05) is 12.5 Å². The number of Topliss-reactive ketones (excluding diaryl/α,β-unsaturated/α-hetero) is 1. The summed E-state index contributed by atoms with van der Waals surface area (Å²) in [6.07, 6.45) is 1.24. The molecule has 0 N–H and O–H groups in total. The summed E-state index contributed by atoms with van der Waals surface area (Å²) in [5.74, 6) is -2.78. The Bertz CT molecular complexity index is 528. The number of hydrogen-bond donors (Lipinski definition) is 0. The van der Waals surface area contributed by atoms with Crippen molar-refractivity contribution in [3.8, 4) is 0 Å². The van der Waals surface area contributed by atoms with E-state index in [1.807, 2.05) is 6.07 Å². The Labute approximate surface area is 104 Å². The third-order valence-corrected chi connectivity index (χ3v) is 2.67. The van der Waals surface area contributed by atoms with Crippen molar-refractivity contribution in [2.24, 2.45) is 5.92 Å². The van der Waals surface area contributed by atoms with Crippen molar-refractivity contribution in [1.82, 2.24) is 0 Å². The van der Waals surface area contributed by atoms with E-state index < -0.39 is 23.5 Å². The van der Waals surface area contributed by atoms with E-state index in [-0.39, 0.29) is 12.2 Å². The lowest BCUT2D eigenvalue weighted by Gasteiger charge is -2.17. The van der Waals surface area contributed by atoms with Gasteiger partial charge in [-0.1, -0.05) is 30.3 Å². The van der Waals surface area contributed by atoms with E-state index in [1.165, 1.54) is 13.0 Å². The lowest BCUT2D eigenvalue weighted by atomic mass is 9.92. The Morgan fingerprint density at radius 1 is 1.22 bits per heavy atom. The standard InChI is InChI=1S/C14H12O4/c1-9-7-11(15)13(14(17)18-9)12(16)8-10-5-3-2-4-6-10/h2-7,13H,8H2,1H3. The summed E-state index contributed by atoms with van der Waals surface area (Å²) in [4.78, 5) is 35.1. The van der Waals surface area contributed by atoms with Gasteiger partial charge < -0.3 is 4.74 Å². The third kappa shape index (κ3) is 2.53. The van der Waals surface area contributed by atoms with Crippen molar-refractivity contribution in [2.45, 2.75) is 13.3 Å². The molecule has 0 spiro atoms. The molecule has 1 heterocycles. The number of ketones is 2. The molecule has 0 aliphatic carbocycles. The minimum atomic E-state index is -1.31. The van der Waals surface area contributed by atoms with Gasteiger partial charge in [0.25, 0.3) is 0 Å². The Morgan fingerprint density at radius 2 is 1.89 bits per heavy atom. The maximum Gasteiger partial charge on any atom is 0.329 e. The highest BCUT2D eigenvalue weighted by atomic mass is 16.5. The molecule has 0 radical (unpaired) electrons. The van der Waals surface area contributed by atoms with Gasteiger partial charge in [-0.3, -0.25) is 14.4 Å². The van der Waals surface area contributed by atoms with Crippen LogP contribution in [-0.2, 0) is 25.5 Å². The Morgan fingerprint density at radius 3 is 2.50 bits per heavy atom. The smallest absolute Gasteiger partial charge is 0.329 e. The topological polar surface area (TPSA) is 60.4 Å². The van der Waals surface area contributed by atoms with E-state index in [1.54, 1.807) is 24.3 Å². The minimum Gasteiger partial charge on any atom is -0.430 e. The van der Waals surface area contributed by atoms with Crippen LogP contribution in [0.5, 0.6) is 0 Å². The zero-order chi connectivity index (χ0) is 13.1. The maximum atomic E-state index is 11.9. The molecule has 2 rings (SSSR count). The first-order valence-corrected chi connectivity index (χ1v) is 5.58. The molecular weight excluding hydrogens is 232 g/mol. The largest absolute Gasteiger partial charge is 0.430 e. The number of allylic oxidation sites excluding steroid dienone is 2. The summed E-state index contributed by atoms with van der Waals surface area (Å²) in [5, 5.41) is 0. The van der Waals surface area contributed by atoms with E-state index in [4.69, 9.17) is 4.74 Å². The molecule has 0 amide bonds. The minimum absolute atomic E-state index is 0.0548. The van der Waals surface area contributed by atoms with Crippen LogP contribution in [-0.4, -0.2) is 17.5 Å². The van der Waals surface area contributed by atoms with Crippen LogP contribution in [0.3, 0.4) is 0 Å². The number of ether oxygens (including phenoxy) is 1. The van der Waals surface area contributed by atoms with Crippen LogP contribution in [0.15, 0.2) is 42.2 Å². The third-order valence-electron chi connectivity index (χ3n) is 2.67. The number of cyclic esters (lactones) is 1. The van der Waals surface area contributed by atoms with E-state index in [2.05, 4.69) is 0 Å². The zero-order valence-electron chi connectivity index (χ0n) is 9.88. The number of hydrogen-bond acceptors (Lipinski definition) is 4. The van der Waals surface area contributed by atoms with Crippen LogP contribution >= 0.6 is 0 Å². The molecule has 1 unspecified atom stereocenters. The second-order valence-electron chi connectivity index (χ2n) is 4.14. The molecule has 1 aromatic carbocycles. The molecule has 1 aliphatic rings. The monoisotopic (exact) mass is 244 g/mol. The van der Waals surface area contributed by atoms with Crippen molar-refractivity contribution < 1.29 is 19.1 Å². The molecule has 4 heteroatoms. The van der Waals surface area contributed by atoms with Crippen LogP contribution in [0.1, 0.15) is 12.5 Å². The Balaban J connectivity index is 2.15. The average molecular weight is 244 g/mol. The van der Waals surface area contributed by atoms with E-state index >= 15 is 0 Å². The zero-order valence-corrected chi connectivity index (χ0v) is 9.88. The van der Waals surface area contributed by atoms with Crippen molar-refractivity contribution in [2.75, 3.05) is 0 Å². The number of esters is 1. The highest BCUT2D eigenvalue weighted by Crippen LogP contribution is 2.17. The normalized spacial score (nSPS) is 19.2. The van der Waals surface area contributed by atoms with E-state index in [0.29, 0.717) is 0 Å². The fraction of sp³-hybridized carbons (Fsp3) is 0.214. The second kappa shape index (κ2) is 4.96. The molecule has 4 nitrogen and oxygen atoms in total. The molecule has 0 saturated carbocycles. The number of rotatable bonds is 3. The fourth-order valence-electron chi connectivity index (χ4n) is 1.84. The van der Waals surface area contributed by atoms with Crippen LogP contribution in [0, 0.1) is 5.92 Å². The van der Waals surface area contributed by atoms with Crippen molar-refractivity contribution >= 4 is 17.5 Å². The summed E-state index contributed by atoms with van der Waals surface area (Å²) in [7, 11) is 0. The first kappa shape index (κ1) is 12.2. The number of benzene rings is 1. The lowest BCUT2D eigenvalue weighted by molar-refractivity contribution is -0.152. The van der Waals surface area contributed by atoms with Crippen LogP contribution in [0.25, 0.3) is 0 Å². The molecule has 18 heavy (non-hydrogen) atoms. The van der Waals surface area contributed by atoms with Gasteiger partial charge in [0.15, 0.2) is 17.5 Å². The molecule has 1 aromatic rings. The Hall–Kier alpha value is -2.23. The molecule has 92 valence electrons. The van der Waals surface area contributed by atoms with Gasteiger partial charge in [-0.15, -0.1) is 0 Å². The summed E-state index contributed by atoms with van der Waals surface area (Å²) in [6, 6.07) is 8.98. The second-order valence-corrected chi connectivity index (χ2v) is 4.14. The lowest BCUT2D eigenvalue weighted by Crippen LogP contribution is -2.36. The van der Waals surface area contributed by atoms with Gasteiger partial charge in [0.1, 0.15) is 5.76 Å². The number of carbonyl (C=O) groups is 3. The first-order valence-electron chi connectivity index (χ1n) is 5.58. The van der Waals surface area contributed by atoms with Crippen molar-refractivity contribution in [3.63, 3.8) is 0 Å². The van der Waals surface area contributed by atoms with Gasteiger partial charge in [-0.05, 0) is 12.5 Å². The molecule has 0 fully saturated rings. The predicted octanol–water partition coefficient (Wildman–Crippen LogP) is 1.44. The van der Waals surface area contributed by atoms with Gasteiger partial charge in [-0.2, -0.15) is 0 Å². The van der Waals surface area contributed by atoms with Gasteiger partial charge in [0.2, 0.25) is 0 Å². The van der Waals surface area contributed by atoms with Gasteiger partial charge in [-0.25, -0.2) is 0 Å². The molecule has 0 aromatic heterocycles. The highest BCUT2D eigenvalue weighted by Gasteiger charge is 2.37. The number of carbonyl (C=O) groups excluding carboxylic acids is 3. The molecule has 0 saturated heterocycles. The van der Waals surface area contributed by atoms with E-state index in [0.717, 1.165) is 5.56 Å². The summed E-state index contributed by atoms with van der Waals surface area (Å²) >= 11 is 0. The van der Waals surface area contributed by atoms with Crippen LogP contribution < -0.4 is 0 Å². The molecule has 1 atom stereocenters. The van der Waals surface area contributed by atoms with Gasteiger partial charge >= 0.3 is 5.97 Å². The predicted molar refractivity (Wildman–Crippen MR) is 63.5 cm³/mol. The van der Waals surface area contributed by atoms with Crippen LogP contribution in [0.2, 0.25) is 0 Å². The quantitative estimate of drug-likeness (QED) is 0.596. The summed E-state index contributed by atoms with van der Waals surface area (Å²) in [5.41, 5.74) is 0.773. The Kier molecular flexibility index (Phi) is 3.37. The SMILES string of the molecule is CC1=CC(=O)C(C(=O)Cc2ccccc2)C(=O)O1. The molecular formula is C14H12O4. The fourth-order valence-corrected chi connectivity index (χ4v) is 1.84. The molecule has 1 aliphatic heterocycles. The first-order chi connectivity index (χ1) is 8.58. The van der Waals surface area contributed by atoms with Crippen molar-refractivity contribution in [3.05, 3.63) is 47.7 Å².